The first-order chi connectivity index (χ1) is 7.31. The molecule has 0 saturated heterocycles. The van der Waals surface area contributed by atoms with Gasteiger partial charge >= 0.3 is 0 Å². The van der Waals surface area contributed by atoms with E-state index in [2.05, 4.69) is 37.3 Å². The van der Waals surface area contributed by atoms with Crippen molar-refractivity contribution in [3.05, 3.63) is 41.5 Å². The molecule has 0 amide bonds. The van der Waals surface area contributed by atoms with Gasteiger partial charge in [0.05, 0.1) is 7.11 Å². The summed E-state index contributed by atoms with van der Waals surface area (Å²) in [7, 11) is 1.76. The fourth-order valence-electron chi connectivity index (χ4n) is 2.74. The predicted molar refractivity (Wildman–Crippen MR) is 62.6 cm³/mol. The number of benzene rings is 2. The summed E-state index contributed by atoms with van der Waals surface area (Å²) in [6.07, 6.45) is 1.15. The van der Waals surface area contributed by atoms with Crippen molar-refractivity contribution in [2.45, 2.75) is 19.3 Å². The van der Waals surface area contributed by atoms with Gasteiger partial charge in [0.25, 0.3) is 0 Å². The van der Waals surface area contributed by atoms with Crippen LogP contribution >= 0.6 is 0 Å². The molecule has 2 aromatic carbocycles. The summed E-state index contributed by atoms with van der Waals surface area (Å²) in [5.41, 5.74) is 2.86. The number of hydrogen-bond donors (Lipinski definition) is 0. The summed E-state index contributed by atoms with van der Waals surface area (Å²) >= 11 is 0. The lowest BCUT2D eigenvalue weighted by molar-refractivity contribution is 0.408. The Bertz CT molecular complexity index is 528. The average molecular weight is 198 g/mol. The molecule has 0 fully saturated rings. The molecule has 0 aromatic heterocycles. The van der Waals surface area contributed by atoms with Crippen molar-refractivity contribution < 1.29 is 4.74 Å². The van der Waals surface area contributed by atoms with Crippen molar-refractivity contribution in [1.29, 1.82) is 0 Å². The first-order valence-corrected chi connectivity index (χ1v) is 5.39. The monoisotopic (exact) mass is 198 g/mol. The Morgan fingerprint density at radius 3 is 2.87 bits per heavy atom. The highest BCUT2D eigenvalue weighted by molar-refractivity contribution is 5.93. The highest BCUT2D eigenvalue weighted by Crippen LogP contribution is 2.43. The van der Waals surface area contributed by atoms with E-state index in [0.29, 0.717) is 5.92 Å². The van der Waals surface area contributed by atoms with Crippen molar-refractivity contribution in [3.63, 3.8) is 0 Å². The molecule has 1 atom stereocenters. The van der Waals surface area contributed by atoms with Gasteiger partial charge < -0.3 is 4.74 Å². The Hall–Kier alpha value is -1.50. The van der Waals surface area contributed by atoms with E-state index >= 15 is 0 Å². The van der Waals surface area contributed by atoms with E-state index in [0.717, 1.165) is 12.2 Å². The van der Waals surface area contributed by atoms with Crippen LogP contribution in [0.25, 0.3) is 10.8 Å². The van der Waals surface area contributed by atoms with Gasteiger partial charge in [-0.3, -0.25) is 0 Å². The minimum absolute atomic E-state index is 0.584. The normalized spacial score (nSPS) is 18.4. The summed E-state index contributed by atoms with van der Waals surface area (Å²) in [5.74, 6) is 1.63. The maximum Gasteiger partial charge on any atom is 0.122 e. The molecule has 1 aliphatic rings. The Labute approximate surface area is 89.7 Å². The van der Waals surface area contributed by atoms with E-state index in [1.165, 1.54) is 21.9 Å². The lowest BCUT2D eigenvalue weighted by Crippen LogP contribution is -1.93. The van der Waals surface area contributed by atoms with Crippen LogP contribution in [0.15, 0.2) is 30.3 Å². The first-order valence-electron chi connectivity index (χ1n) is 5.39. The van der Waals surface area contributed by atoms with Crippen molar-refractivity contribution in [2.24, 2.45) is 0 Å². The third kappa shape index (κ3) is 1.09. The molecule has 1 heteroatoms. The fraction of sp³-hybridized carbons (Fsp3) is 0.286. The van der Waals surface area contributed by atoms with E-state index in [1.54, 1.807) is 7.11 Å². The molecule has 76 valence electrons. The second-order valence-corrected chi connectivity index (χ2v) is 4.30. The average Bonchev–Trinajstić information content (AvgIpc) is 2.59. The van der Waals surface area contributed by atoms with E-state index in [9.17, 15) is 0 Å². The standard InChI is InChI=1S/C14H14O/c1-9-8-11-5-3-4-10-6-7-12(15-2)13(9)14(10)11/h3-7,9H,8H2,1-2H3. The smallest absolute Gasteiger partial charge is 0.122 e. The highest BCUT2D eigenvalue weighted by atomic mass is 16.5. The van der Waals surface area contributed by atoms with Crippen LogP contribution in [0.4, 0.5) is 0 Å². The third-order valence-corrected chi connectivity index (χ3v) is 3.37. The van der Waals surface area contributed by atoms with Gasteiger partial charge in [0.15, 0.2) is 0 Å². The van der Waals surface area contributed by atoms with Crippen LogP contribution in [0.1, 0.15) is 24.0 Å². The lowest BCUT2D eigenvalue weighted by Gasteiger charge is -2.10. The van der Waals surface area contributed by atoms with E-state index in [1.807, 2.05) is 0 Å². The minimum atomic E-state index is 0.584. The van der Waals surface area contributed by atoms with Crippen LogP contribution in [-0.2, 0) is 6.42 Å². The van der Waals surface area contributed by atoms with Crippen LogP contribution < -0.4 is 4.74 Å². The maximum absolute atomic E-state index is 5.45. The summed E-state index contributed by atoms with van der Waals surface area (Å²) < 4.78 is 5.45. The molecule has 0 spiro atoms. The Morgan fingerprint density at radius 1 is 1.20 bits per heavy atom. The molecule has 1 unspecified atom stereocenters. The largest absolute Gasteiger partial charge is 0.496 e. The number of hydrogen-bond acceptors (Lipinski definition) is 1. The Morgan fingerprint density at radius 2 is 2.07 bits per heavy atom. The maximum atomic E-state index is 5.45. The van der Waals surface area contributed by atoms with Crippen LogP contribution in [0.3, 0.4) is 0 Å². The minimum Gasteiger partial charge on any atom is -0.496 e. The zero-order valence-corrected chi connectivity index (χ0v) is 9.08. The molecule has 3 rings (SSSR count). The molecular formula is C14H14O. The van der Waals surface area contributed by atoms with E-state index in [-0.39, 0.29) is 0 Å². The number of methoxy groups -OCH3 is 1. The number of ether oxygens (including phenoxy) is 1. The van der Waals surface area contributed by atoms with Gasteiger partial charge in [0.1, 0.15) is 5.75 Å². The highest BCUT2D eigenvalue weighted by Gasteiger charge is 2.24. The van der Waals surface area contributed by atoms with Gasteiger partial charge in [-0.05, 0) is 34.7 Å². The topological polar surface area (TPSA) is 9.23 Å². The zero-order valence-electron chi connectivity index (χ0n) is 9.08. The van der Waals surface area contributed by atoms with Gasteiger partial charge in [-0.25, -0.2) is 0 Å². The molecule has 1 aliphatic carbocycles. The SMILES string of the molecule is COc1ccc2cccc3c2c1C(C)C3. The summed E-state index contributed by atoms with van der Waals surface area (Å²) in [6.45, 7) is 2.28. The molecule has 0 bridgehead atoms. The van der Waals surface area contributed by atoms with Crippen LogP contribution in [-0.4, -0.2) is 7.11 Å². The second kappa shape index (κ2) is 2.99. The molecular weight excluding hydrogens is 184 g/mol. The van der Waals surface area contributed by atoms with E-state index < -0.39 is 0 Å². The molecule has 0 saturated carbocycles. The van der Waals surface area contributed by atoms with Gasteiger partial charge in [-0.2, -0.15) is 0 Å². The molecule has 15 heavy (non-hydrogen) atoms. The van der Waals surface area contributed by atoms with Crippen molar-refractivity contribution in [2.75, 3.05) is 7.11 Å². The Kier molecular flexibility index (Phi) is 1.75. The third-order valence-electron chi connectivity index (χ3n) is 3.37. The molecule has 0 radical (unpaired) electrons. The van der Waals surface area contributed by atoms with Crippen molar-refractivity contribution in [3.8, 4) is 5.75 Å². The zero-order chi connectivity index (χ0) is 10.4. The van der Waals surface area contributed by atoms with Crippen LogP contribution in [0, 0.1) is 0 Å². The quantitative estimate of drug-likeness (QED) is 0.681. The van der Waals surface area contributed by atoms with Crippen molar-refractivity contribution in [1.82, 2.24) is 0 Å². The summed E-state index contributed by atoms with van der Waals surface area (Å²) in [6, 6.07) is 10.8. The van der Waals surface area contributed by atoms with Crippen LogP contribution in [0.5, 0.6) is 5.75 Å². The molecule has 1 nitrogen and oxygen atoms in total. The fourth-order valence-corrected chi connectivity index (χ4v) is 2.74. The molecule has 0 N–H and O–H groups in total. The molecule has 0 heterocycles. The lowest BCUT2D eigenvalue weighted by atomic mass is 10.0. The molecule has 2 aromatic rings. The van der Waals surface area contributed by atoms with Gasteiger partial charge in [-0.15, -0.1) is 0 Å². The van der Waals surface area contributed by atoms with Gasteiger partial charge in [0.2, 0.25) is 0 Å². The molecule has 0 aliphatic heterocycles. The second-order valence-electron chi connectivity index (χ2n) is 4.30. The van der Waals surface area contributed by atoms with E-state index in [4.69, 9.17) is 4.74 Å². The summed E-state index contributed by atoms with van der Waals surface area (Å²) in [4.78, 5) is 0. The predicted octanol–water partition coefficient (Wildman–Crippen LogP) is 3.51. The van der Waals surface area contributed by atoms with Gasteiger partial charge in [-0.1, -0.05) is 31.2 Å². The number of rotatable bonds is 1. The first kappa shape index (κ1) is 8.78. The Balaban J connectivity index is 2.45. The summed E-state index contributed by atoms with van der Waals surface area (Å²) in [5, 5.41) is 2.76. The van der Waals surface area contributed by atoms with Gasteiger partial charge in [0, 0.05) is 5.56 Å². The van der Waals surface area contributed by atoms with Crippen LogP contribution in [0.2, 0.25) is 0 Å². The van der Waals surface area contributed by atoms with Crippen molar-refractivity contribution >= 4 is 10.8 Å².